The number of rotatable bonds is 7. The molecule has 0 saturated carbocycles. The second-order valence-electron chi connectivity index (χ2n) is 6.01. The van der Waals surface area contributed by atoms with Crippen molar-refractivity contribution in [1.82, 2.24) is 4.90 Å². The Bertz CT molecular complexity index is 630. The van der Waals surface area contributed by atoms with Gasteiger partial charge in [-0.25, -0.2) is 0 Å². The van der Waals surface area contributed by atoms with E-state index in [-0.39, 0.29) is 18.9 Å². The third kappa shape index (κ3) is 4.35. The number of carboxylic acid groups (broad SMARTS) is 1. The summed E-state index contributed by atoms with van der Waals surface area (Å²) in [6, 6.07) is 3.63. The van der Waals surface area contributed by atoms with Crippen LogP contribution in [-0.2, 0) is 16.0 Å². The van der Waals surface area contributed by atoms with Crippen molar-refractivity contribution >= 4 is 11.9 Å². The SMILES string of the molecule is COc1ccc(CCC(=O)N2CCCC(C(=O)O)C2)c(OC)c1OC. The molecule has 1 atom stereocenters. The quantitative estimate of drug-likeness (QED) is 0.808. The lowest BCUT2D eigenvalue weighted by Gasteiger charge is -2.30. The maximum atomic E-state index is 12.5. The molecule has 1 aromatic rings. The molecule has 7 nitrogen and oxygen atoms in total. The summed E-state index contributed by atoms with van der Waals surface area (Å²) in [6.45, 7) is 0.906. The van der Waals surface area contributed by atoms with E-state index in [1.807, 2.05) is 6.07 Å². The third-order valence-electron chi connectivity index (χ3n) is 4.52. The Hall–Kier alpha value is -2.44. The summed E-state index contributed by atoms with van der Waals surface area (Å²) in [5, 5.41) is 9.14. The maximum absolute atomic E-state index is 12.5. The number of aliphatic carboxylic acids is 1. The number of carbonyl (C=O) groups is 2. The van der Waals surface area contributed by atoms with Crippen LogP contribution in [0.4, 0.5) is 0 Å². The Labute approximate surface area is 147 Å². The van der Waals surface area contributed by atoms with E-state index in [1.165, 1.54) is 7.11 Å². The predicted molar refractivity (Wildman–Crippen MR) is 91.4 cm³/mol. The molecule has 25 heavy (non-hydrogen) atoms. The van der Waals surface area contributed by atoms with Crippen molar-refractivity contribution in [2.24, 2.45) is 5.92 Å². The topological polar surface area (TPSA) is 85.3 Å². The Morgan fingerprint density at radius 1 is 1.16 bits per heavy atom. The van der Waals surface area contributed by atoms with Crippen molar-refractivity contribution in [3.05, 3.63) is 17.7 Å². The van der Waals surface area contributed by atoms with E-state index in [0.29, 0.717) is 36.6 Å². The molecule has 1 saturated heterocycles. The number of aryl methyl sites for hydroxylation is 1. The average Bonchev–Trinajstić information content (AvgIpc) is 2.64. The predicted octanol–water partition coefficient (Wildman–Crippen LogP) is 1.97. The number of carbonyl (C=O) groups excluding carboxylic acids is 1. The molecule has 1 heterocycles. The molecule has 1 N–H and O–H groups in total. The van der Waals surface area contributed by atoms with Crippen LogP contribution >= 0.6 is 0 Å². The number of hydrogen-bond acceptors (Lipinski definition) is 5. The standard InChI is InChI=1S/C18H25NO6/c1-23-14-8-6-12(16(24-2)17(14)25-3)7-9-15(20)19-10-4-5-13(11-19)18(21)22/h6,8,13H,4-5,7,9-11H2,1-3H3,(H,21,22). The van der Waals surface area contributed by atoms with Gasteiger partial charge in [0.2, 0.25) is 11.7 Å². The van der Waals surface area contributed by atoms with Crippen molar-refractivity contribution in [2.75, 3.05) is 34.4 Å². The number of methoxy groups -OCH3 is 3. The van der Waals surface area contributed by atoms with Crippen LogP contribution in [0.15, 0.2) is 12.1 Å². The van der Waals surface area contributed by atoms with Crippen molar-refractivity contribution in [3.63, 3.8) is 0 Å². The van der Waals surface area contributed by atoms with Crippen molar-refractivity contribution in [2.45, 2.75) is 25.7 Å². The maximum Gasteiger partial charge on any atom is 0.308 e. The zero-order valence-corrected chi connectivity index (χ0v) is 14.9. The van der Waals surface area contributed by atoms with E-state index < -0.39 is 11.9 Å². The number of piperidine rings is 1. The molecule has 0 radical (unpaired) electrons. The van der Waals surface area contributed by atoms with Crippen LogP contribution in [0.2, 0.25) is 0 Å². The highest BCUT2D eigenvalue weighted by Crippen LogP contribution is 2.40. The summed E-state index contributed by atoms with van der Waals surface area (Å²) in [5.74, 6) is 0.278. The second-order valence-corrected chi connectivity index (χ2v) is 6.01. The van der Waals surface area contributed by atoms with Gasteiger partial charge in [-0.3, -0.25) is 9.59 Å². The van der Waals surface area contributed by atoms with Gasteiger partial charge in [0.15, 0.2) is 11.5 Å². The summed E-state index contributed by atoms with van der Waals surface area (Å²) >= 11 is 0. The number of carboxylic acids is 1. The highest BCUT2D eigenvalue weighted by Gasteiger charge is 2.28. The number of benzene rings is 1. The summed E-state index contributed by atoms with van der Waals surface area (Å²) in [5.41, 5.74) is 0.847. The van der Waals surface area contributed by atoms with Crippen molar-refractivity contribution in [1.29, 1.82) is 0 Å². The fraction of sp³-hybridized carbons (Fsp3) is 0.556. The molecule has 2 rings (SSSR count). The van der Waals surface area contributed by atoms with Gasteiger partial charge in [0, 0.05) is 19.5 Å². The Balaban J connectivity index is 2.05. The number of hydrogen-bond donors (Lipinski definition) is 1. The first-order chi connectivity index (χ1) is 12.0. The number of nitrogens with zero attached hydrogens (tertiary/aromatic N) is 1. The first-order valence-electron chi connectivity index (χ1n) is 8.30. The minimum atomic E-state index is -0.834. The monoisotopic (exact) mass is 351 g/mol. The van der Waals surface area contributed by atoms with E-state index in [0.717, 1.165) is 12.0 Å². The fourth-order valence-corrected chi connectivity index (χ4v) is 3.17. The van der Waals surface area contributed by atoms with Crippen molar-refractivity contribution in [3.8, 4) is 17.2 Å². The van der Waals surface area contributed by atoms with Gasteiger partial charge in [0.25, 0.3) is 0 Å². The van der Waals surface area contributed by atoms with E-state index in [4.69, 9.17) is 19.3 Å². The van der Waals surface area contributed by atoms with Crippen LogP contribution in [0.25, 0.3) is 0 Å². The molecule has 7 heteroatoms. The molecule has 1 fully saturated rings. The molecule has 1 amide bonds. The fourth-order valence-electron chi connectivity index (χ4n) is 3.17. The van der Waals surface area contributed by atoms with Gasteiger partial charge in [0.1, 0.15) is 0 Å². The summed E-state index contributed by atoms with van der Waals surface area (Å²) < 4.78 is 16.0. The van der Waals surface area contributed by atoms with Crippen LogP contribution in [0.1, 0.15) is 24.8 Å². The summed E-state index contributed by atoms with van der Waals surface area (Å²) in [7, 11) is 4.63. The Kier molecular flexibility index (Phi) is 6.50. The van der Waals surface area contributed by atoms with Crippen LogP contribution in [0, 0.1) is 5.92 Å². The summed E-state index contributed by atoms with van der Waals surface area (Å²) in [4.78, 5) is 25.2. The third-order valence-corrected chi connectivity index (χ3v) is 4.52. The Morgan fingerprint density at radius 3 is 2.48 bits per heavy atom. The molecule has 0 aliphatic carbocycles. The number of ether oxygens (including phenoxy) is 3. The zero-order valence-electron chi connectivity index (χ0n) is 14.9. The van der Waals surface area contributed by atoms with E-state index in [9.17, 15) is 9.59 Å². The van der Waals surface area contributed by atoms with Gasteiger partial charge in [-0.05, 0) is 30.9 Å². The van der Waals surface area contributed by atoms with Crippen LogP contribution in [-0.4, -0.2) is 56.3 Å². The van der Waals surface area contributed by atoms with Gasteiger partial charge in [-0.1, -0.05) is 6.07 Å². The Morgan fingerprint density at radius 2 is 1.88 bits per heavy atom. The normalized spacial score (nSPS) is 17.1. The van der Waals surface area contributed by atoms with Crippen LogP contribution < -0.4 is 14.2 Å². The van der Waals surface area contributed by atoms with Crippen molar-refractivity contribution < 1.29 is 28.9 Å². The number of amides is 1. The van der Waals surface area contributed by atoms with Crippen LogP contribution in [0.5, 0.6) is 17.2 Å². The number of likely N-dealkylation sites (tertiary alicyclic amines) is 1. The first-order valence-corrected chi connectivity index (χ1v) is 8.30. The minimum absolute atomic E-state index is 0.0391. The first kappa shape index (κ1) is 18.9. The van der Waals surface area contributed by atoms with E-state index in [2.05, 4.69) is 0 Å². The van der Waals surface area contributed by atoms with Gasteiger partial charge >= 0.3 is 5.97 Å². The molecule has 138 valence electrons. The molecule has 0 aromatic heterocycles. The molecule has 1 unspecified atom stereocenters. The highest BCUT2D eigenvalue weighted by atomic mass is 16.5. The molecule has 1 aliphatic rings. The second kappa shape index (κ2) is 8.60. The van der Waals surface area contributed by atoms with E-state index >= 15 is 0 Å². The highest BCUT2D eigenvalue weighted by molar-refractivity contribution is 5.78. The van der Waals surface area contributed by atoms with Gasteiger partial charge in [0.05, 0.1) is 27.2 Å². The van der Waals surface area contributed by atoms with E-state index in [1.54, 1.807) is 25.2 Å². The molecule has 1 aliphatic heterocycles. The minimum Gasteiger partial charge on any atom is -0.493 e. The molecular formula is C18H25NO6. The van der Waals surface area contributed by atoms with Crippen LogP contribution in [0.3, 0.4) is 0 Å². The molecular weight excluding hydrogens is 326 g/mol. The van der Waals surface area contributed by atoms with Gasteiger partial charge < -0.3 is 24.2 Å². The smallest absolute Gasteiger partial charge is 0.308 e. The molecule has 1 aromatic carbocycles. The molecule has 0 spiro atoms. The zero-order chi connectivity index (χ0) is 18.4. The molecule has 0 bridgehead atoms. The summed E-state index contributed by atoms with van der Waals surface area (Å²) in [6.07, 6.45) is 2.12. The average molecular weight is 351 g/mol. The van der Waals surface area contributed by atoms with Gasteiger partial charge in [-0.2, -0.15) is 0 Å². The lowest BCUT2D eigenvalue weighted by molar-refractivity contribution is -0.145. The lowest BCUT2D eigenvalue weighted by Crippen LogP contribution is -2.42. The largest absolute Gasteiger partial charge is 0.493 e. The van der Waals surface area contributed by atoms with Gasteiger partial charge in [-0.15, -0.1) is 0 Å². The lowest BCUT2D eigenvalue weighted by atomic mass is 9.97.